The monoisotopic (exact) mass is 251 g/mol. The molecule has 1 saturated heterocycles. The lowest BCUT2D eigenvalue weighted by molar-refractivity contribution is 0.340. The average molecular weight is 251 g/mol. The predicted octanol–water partition coefficient (Wildman–Crippen LogP) is 3.24. The Bertz CT molecular complexity index is 333. The number of nitrogens with one attached hydrogen (secondary N) is 1. The van der Waals surface area contributed by atoms with E-state index in [0.717, 1.165) is 17.6 Å². The molecule has 0 saturated carbocycles. The molecule has 94 valence electrons. The average Bonchev–Trinajstić information content (AvgIpc) is 2.86. The normalized spacial score (nSPS) is 21.4. The van der Waals surface area contributed by atoms with Crippen molar-refractivity contribution in [1.29, 1.82) is 0 Å². The van der Waals surface area contributed by atoms with Crippen LogP contribution in [0.5, 0.6) is 5.75 Å². The summed E-state index contributed by atoms with van der Waals surface area (Å²) in [4.78, 5) is 0. The maximum absolute atomic E-state index is 5.47. The van der Waals surface area contributed by atoms with E-state index in [2.05, 4.69) is 48.4 Å². The van der Waals surface area contributed by atoms with Crippen molar-refractivity contribution in [2.24, 2.45) is 0 Å². The molecule has 1 aliphatic heterocycles. The number of ether oxygens (including phenoxy) is 1. The van der Waals surface area contributed by atoms with Crippen LogP contribution < -0.4 is 10.1 Å². The summed E-state index contributed by atoms with van der Waals surface area (Å²) < 4.78 is 5.47. The van der Waals surface area contributed by atoms with E-state index in [1.54, 1.807) is 0 Å². The van der Waals surface area contributed by atoms with E-state index in [-0.39, 0.29) is 0 Å². The molecule has 3 heteroatoms. The van der Waals surface area contributed by atoms with Gasteiger partial charge >= 0.3 is 0 Å². The van der Waals surface area contributed by atoms with Crippen LogP contribution in [0.15, 0.2) is 24.3 Å². The molecule has 0 aromatic heterocycles. The molecule has 1 fully saturated rings. The van der Waals surface area contributed by atoms with Gasteiger partial charge in [-0.1, -0.05) is 12.1 Å². The Labute approximate surface area is 108 Å². The molecule has 1 aromatic rings. The Morgan fingerprint density at radius 3 is 2.71 bits per heavy atom. The molecule has 0 aliphatic carbocycles. The van der Waals surface area contributed by atoms with E-state index in [0.29, 0.717) is 6.04 Å². The van der Waals surface area contributed by atoms with Crippen LogP contribution in [0.1, 0.15) is 31.4 Å². The van der Waals surface area contributed by atoms with Crippen LogP contribution in [0.3, 0.4) is 0 Å². The van der Waals surface area contributed by atoms with Crippen LogP contribution in [0, 0.1) is 0 Å². The van der Waals surface area contributed by atoms with Gasteiger partial charge in [-0.05, 0) is 50.3 Å². The molecule has 0 radical (unpaired) electrons. The van der Waals surface area contributed by atoms with Crippen LogP contribution >= 0.6 is 11.8 Å². The summed E-state index contributed by atoms with van der Waals surface area (Å²) in [7, 11) is 2.06. The highest BCUT2D eigenvalue weighted by molar-refractivity contribution is 8.00. The number of rotatable bonds is 5. The number of benzene rings is 1. The van der Waals surface area contributed by atoms with E-state index in [4.69, 9.17) is 4.74 Å². The zero-order valence-electron chi connectivity index (χ0n) is 10.6. The van der Waals surface area contributed by atoms with Gasteiger partial charge in [0.25, 0.3) is 0 Å². The van der Waals surface area contributed by atoms with Crippen LogP contribution in [0.2, 0.25) is 0 Å². The van der Waals surface area contributed by atoms with Crippen molar-refractivity contribution in [3.63, 3.8) is 0 Å². The van der Waals surface area contributed by atoms with Crippen molar-refractivity contribution >= 4 is 11.8 Å². The lowest BCUT2D eigenvalue weighted by Gasteiger charge is -2.23. The van der Waals surface area contributed by atoms with Gasteiger partial charge in [-0.3, -0.25) is 0 Å². The Morgan fingerprint density at radius 2 is 2.18 bits per heavy atom. The zero-order valence-corrected chi connectivity index (χ0v) is 11.4. The van der Waals surface area contributed by atoms with Crippen molar-refractivity contribution in [3.8, 4) is 5.75 Å². The number of thioether (sulfide) groups is 1. The maximum atomic E-state index is 5.47. The molecule has 1 N–H and O–H groups in total. The summed E-state index contributed by atoms with van der Waals surface area (Å²) >= 11 is 2.09. The zero-order chi connectivity index (χ0) is 12.1. The van der Waals surface area contributed by atoms with Gasteiger partial charge in [0.2, 0.25) is 0 Å². The summed E-state index contributed by atoms with van der Waals surface area (Å²) in [5.41, 5.74) is 1.37. The fourth-order valence-corrected chi connectivity index (χ4v) is 3.83. The molecule has 1 aliphatic rings. The fourth-order valence-electron chi connectivity index (χ4n) is 2.37. The predicted molar refractivity (Wildman–Crippen MR) is 74.9 cm³/mol. The van der Waals surface area contributed by atoms with Crippen molar-refractivity contribution in [1.82, 2.24) is 5.32 Å². The smallest absolute Gasteiger partial charge is 0.119 e. The van der Waals surface area contributed by atoms with Crippen molar-refractivity contribution in [2.75, 3.05) is 19.4 Å². The lowest BCUT2D eigenvalue weighted by Crippen LogP contribution is -2.25. The lowest BCUT2D eigenvalue weighted by atomic mass is 10.0. The molecular formula is C14H21NOS. The largest absolute Gasteiger partial charge is 0.494 e. The quantitative estimate of drug-likeness (QED) is 0.868. The summed E-state index contributed by atoms with van der Waals surface area (Å²) in [5, 5.41) is 4.17. The Morgan fingerprint density at radius 1 is 1.41 bits per heavy atom. The van der Waals surface area contributed by atoms with E-state index in [1.807, 2.05) is 6.92 Å². The molecule has 2 unspecified atom stereocenters. The topological polar surface area (TPSA) is 21.3 Å². The summed E-state index contributed by atoms with van der Waals surface area (Å²) in [6, 6.07) is 8.99. The van der Waals surface area contributed by atoms with E-state index in [9.17, 15) is 0 Å². The van der Waals surface area contributed by atoms with Gasteiger partial charge in [0.05, 0.1) is 6.61 Å². The molecule has 0 spiro atoms. The van der Waals surface area contributed by atoms with Crippen molar-refractivity contribution in [2.45, 2.75) is 31.1 Å². The number of hydrogen-bond acceptors (Lipinski definition) is 3. The molecule has 2 nitrogen and oxygen atoms in total. The molecular weight excluding hydrogens is 230 g/mol. The summed E-state index contributed by atoms with van der Waals surface area (Å²) in [6.45, 7) is 2.74. The highest BCUT2D eigenvalue weighted by Gasteiger charge is 2.25. The minimum atomic E-state index is 0.471. The molecule has 1 aromatic carbocycles. The fraction of sp³-hybridized carbons (Fsp3) is 0.571. The molecule has 2 rings (SSSR count). The maximum Gasteiger partial charge on any atom is 0.119 e. The van der Waals surface area contributed by atoms with Crippen molar-refractivity contribution in [3.05, 3.63) is 29.8 Å². The molecule has 1 heterocycles. The van der Waals surface area contributed by atoms with Gasteiger partial charge < -0.3 is 10.1 Å². The van der Waals surface area contributed by atoms with Gasteiger partial charge in [0.15, 0.2) is 0 Å². The summed E-state index contributed by atoms with van der Waals surface area (Å²) in [6.07, 6.45) is 2.67. The Balaban J connectivity index is 2.07. The second-order valence-corrected chi connectivity index (χ2v) is 5.67. The molecule has 17 heavy (non-hydrogen) atoms. The second-order valence-electron chi connectivity index (χ2n) is 4.32. The first-order valence-electron chi connectivity index (χ1n) is 6.36. The minimum absolute atomic E-state index is 0.471. The molecule has 2 atom stereocenters. The highest BCUT2D eigenvalue weighted by atomic mass is 32.2. The SMILES string of the molecule is CCOc1ccc(C(NC)C2CCCS2)cc1. The minimum Gasteiger partial charge on any atom is -0.494 e. The molecule has 0 amide bonds. The first kappa shape index (κ1) is 12.8. The second kappa shape index (κ2) is 6.31. The van der Waals surface area contributed by atoms with E-state index < -0.39 is 0 Å². The standard InChI is InChI=1S/C14H21NOS/c1-3-16-12-8-6-11(7-9-12)14(15-2)13-5-4-10-17-13/h6-9,13-15H,3-5,10H2,1-2H3. The summed E-state index contributed by atoms with van der Waals surface area (Å²) in [5.74, 6) is 2.27. The van der Waals surface area contributed by atoms with Crippen LogP contribution in [0.25, 0.3) is 0 Å². The van der Waals surface area contributed by atoms with Crippen LogP contribution in [0.4, 0.5) is 0 Å². The van der Waals surface area contributed by atoms with Gasteiger partial charge in [-0.2, -0.15) is 11.8 Å². The first-order valence-corrected chi connectivity index (χ1v) is 7.41. The van der Waals surface area contributed by atoms with E-state index in [1.165, 1.54) is 24.2 Å². The van der Waals surface area contributed by atoms with Gasteiger partial charge in [-0.15, -0.1) is 0 Å². The van der Waals surface area contributed by atoms with Crippen LogP contribution in [-0.2, 0) is 0 Å². The first-order chi connectivity index (χ1) is 8.35. The number of hydrogen-bond donors (Lipinski definition) is 1. The van der Waals surface area contributed by atoms with Gasteiger partial charge in [0.1, 0.15) is 5.75 Å². The van der Waals surface area contributed by atoms with Gasteiger partial charge in [0, 0.05) is 11.3 Å². The highest BCUT2D eigenvalue weighted by Crippen LogP contribution is 2.36. The van der Waals surface area contributed by atoms with Crippen LogP contribution in [-0.4, -0.2) is 24.7 Å². The molecule has 0 bridgehead atoms. The van der Waals surface area contributed by atoms with E-state index >= 15 is 0 Å². The Hall–Kier alpha value is -0.670. The van der Waals surface area contributed by atoms with Gasteiger partial charge in [-0.25, -0.2) is 0 Å². The Kier molecular flexibility index (Phi) is 4.75. The third-order valence-electron chi connectivity index (χ3n) is 3.20. The van der Waals surface area contributed by atoms with Crippen molar-refractivity contribution < 1.29 is 4.74 Å². The third kappa shape index (κ3) is 3.17. The third-order valence-corrected chi connectivity index (χ3v) is 4.66.